The van der Waals surface area contributed by atoms with Crippen LogP contribution in [0.25, 0.3) is 0 Å². The molecule has 108 valence electrons. The van der Waals surface area contributed by atoms with E-state index in [1.807, 2.05) is 0 Å². The summed E-state index contributed by atoms with van der Waals surface area (Å²) < 4.78 is 0. The number of halogens is 1. The van der Waals surface area contributed by atoms with Gasteiger partial charge >= 0.3 is 0 Å². The zero-order valence-electron chi connectivity index (χ0n) is 11.3. The zero-order chi connectivity index (χ0) is 14.2. The first-order valence-corrected chi connectivity index (χ1v) is 7.50. The van der Waals surface area contributed by atoms with Gasteiger partial charge in [0, 0.05) is 17.1 Å². The zero-order valence-corrected chi connectivity index (χ0v) is 12.0. The fourth-order valence-corrected chi connectivity index (χ4v) is 3.36. The highest BCUT2D eigenvalue weighted by Crippen LogP contribution is 2.38. The minimum atomic E-state index is -0.117. The van der Waals surface area contributed by atoms with Gasteiger partial charge in [0.05, 0.1) is 5.02 Å². The lowest BCUT2D eigenvalue weighted by molar-refractivity contribution is 0.0853. The van der Waals surface area contributed by atoms with E-state index in [2.05, 4.69) is 10.6 Å². The Morgan fingerprint density at radius 1 is 1.45 bits per heavy atom. The van der Waals surface area contributed by atoms with Crippen molar-refractivity contribution >= 4 is 17.5 Å². The smallest absolute Gasteiger partial charge is 0.251 e. The SMILES string of the molecule is O=C(NC1CCNC2(CCC2)C1)c1ccc(O)c(Cl)c1. The molecule has 1 unspecified atom stereocenters. The molecule has 5 heteroatoms. The van der Waals surface area contributed by atoms with Crippen molar-refractivity contribution in [2.45, 2.75) is 43.7 Å². The van der Waals surface area contributed by atoms with Crippen LogP contribution >= 0.6 is 11.6 Å². The summed E-state index contributed by atoms with van der Waals surface area (Å²) in [5.74, 6) is -0.119. The molecular formula is C15H19ClN2O2. The van der Waals surface area contributed by atoms with Crippen molar-refractivity contribution in [1.82, 2.24) is 10.6 Å². The quantitative estimate of drug-likeness (QED) is 0.785. The highest BCUT2D eigenvalue weighted by atomic mass is 35.5. The first-order valence-electron chi connectivity index (χ1n) is 7.12. The molecule has 20 heavy (non-hydrogen) atoms. The standard InChI is InChI=1S/C15H19ClN2O2/c16-12-8-10(2-3-13(12)19)14(20)18-11-4-7-17-15(9-11)5-1-6-15/h2-3,8,11,17,19H,1,4-7,9H2,(H,18,20). The number of rotatable bonds is 2. The molecule has 1 spiro atoms. The number of phenols is 1. The average Bonchev–Trinajstić information content (AvgIpc) is 2.40. The van der Waals surface area contributed by atoms with Gasteiger partial charge in [-0.05, 0) is 56.8 Å². The summed E-state index contributed by atoms with van der Waals surface area (Å²) in [5.41, 5.74) is 0.761. The van der Waals surface area contributed by atoms with Gasteiger partial charge in [-0.25, -0.2) is 0 Å². The van der Waals surface area contributed by atoms with Gasteiger partial charge in [-0.1, -0.05) is 11.6 Å². The lowest BCUT2D eigenvalue weighted by Crippen LogP contribution is -2.59. The van der Waals surface area contributed by atoms with Crippen LogP contribution in [0, 0.1) is 0 Å². The molecule has 1 aromatic rings. The Labute approximate surface area is 123 Å². The molecule has 1 aromatic carbocycles. The third-order valence-electron chi connectivity index (χ3n) is 4.49. The van der Waals surface area contributed by atoms with Crippen molar-refractivity contribution < 1.29 is 9.90 Å². The number of piperidine rings is 1. The van der Waals surface area contributed by atoms with E-state index in [9.17, 15) is 9.90 Å². The molecule has 3 rings (SSSR count). The van der Waals surface area contributed by atoms with Crippen LogP contribution < -0.4 is 10.6 Å². The summed E-state index contributed by atoms with van der Waals surface area (Å²) in [7, 11) is 0. The minimum Gasteiger partial charge on any atom is -0.506 e. The molecule has 1 heterocycles. The van der Waals surface area contributed by atoms with E-state index >= 15 is 0 Å². The van der Waals surface area contributed by atoms with E-state index in [4.69, 9.17) is 11.6 Å². The Balaban J connectivity index is 1.64. The topological polar surface area (TPSA) is 61.4 Å². The number of hydrogen-bond donors (Lipinski definition) is 3. The second kappa shape index (κ2) is 5.26. The lowest BCUT2D eigenvalue weighted by Gasteiger charge is -2.48. The highest BCUT2D eigenvalue weighted by Gasteiger charge is 2.41. The number of nitrogens with one attached hydrogen (secondary N) is 2. The molecule has 1 saturated carbocycles. The first-order chi connectivity index (χ1) is 9.58. The van der Waals surface area contributed by atoms with Crippen molar-refractivity contribution in [3.05, 3.63) is 28.8 Å². The van der Waals surface area contributed by atoms with Gasteiger partial charge in [0.2, 0.25) is 0 Å². The summed E-state index contributed by atoms with van der Waals surface area (Å²) in [4.78, 5) is 12.2. The maximum absolute atomic E-state index is 12.2. The van der Waals surface area contributed by atoms with E-state index < -0.39 is 0 Å². The Hall–Kier alpha value is -1.26. The van der Waals surface area contributed by atoms with Crippen molar-refractivity contribution in [3.63, 3.8) is 0 Å². The van der Waals surface area contributed by atoms with Crippen LogP contribution in [0.15, 0.2) is 18.2 Å². The predicted molar refractivity (Wildman–Crippen MR) is 78.2 cm³/mol. The summed E-state index contributed by atoms with van der Waals surface area (Å²) >= 11 is 5.84. The number of hydrogen-bond acceptors (Lipinski definition) is 3. The predicted octanol–water partition coefficient (Wildman–Crippen LogP) is 2.45. The molecule has 1 atom stereocenters. The molecule has 0 radical (unpaired) electrons. The van der Waals surface area contributed by atoms with Gasteiger partial charge < -0.3 is 15.7 Å². The van der Waals surface area contributed by atoms with Gasteiger partial charge in [0.15, 0.2) is 0 Å². The number of amides is 1. The van der Waals surface area contributed by atoms with Crippen LogP contribution in [0.1, 0.15) is 42.5 Å². The molecule has 1 saturated heterocycles. The van der Waals surface area contributed by atoms with Crippen LogP contribution in [-0.4, -0.2) is 29.1 Å². The second-order valence-electron chi connectivity index (χ2n) is 5.89. The Kier molecular flexibility index (Phi) is 3.61. The number of aromatic hydroxyl groups is 1. The normalized spacial score (nSPS) is 24.1. The maximum Gasteiger partial charge on any atom is 0.251 e. The van der Waals surface area contributed by atoms with Crippen LogP contribution in [0.4, 0.5) is 0 Å². The molecule has 0 aromatic heterocycles. The monoisotopic (exact) mass is 294 g/mol. The summed E-state index contributed by atoms with van der Waals surface area (Å²) in [5, 5.41) is 16.3. The van der Waals surface area contributed by atoms with Crippen LogP contribution in [0.3, 0.4) is 0 Å². The molecule has 2 aliphatic rings. The van der Waals surface area contributed by atoms with E-state index in [1.165, 1.54) is 31.4 Å². The summed E-state index contributed by atoms with van der Waals surface area (Å²) in [6.45, 7) is 0.960. The third-order valence-corrected chi connectivity index (χ3v) is 4.79. The number of carbonyl (C=O) groups excluding carboxylic acids is 1. The molecule has 1 aliphatic carbocycles. The molecule has 1 amide bonds. The Bertz CT molecular complexity index is 529. The molecule has 3 N–H and O–H groups in total. The van der Waals surface area contributed by atoms with Crippen molar-refractivity contribution in [1.29, 1.82) is 0 Å². The van der Waals surface area contributed by atoms with Crippen LogP contribution in [-0.2, 0) is 0 Å². The summed E-state index contributed by atoms with van der Waals surface area (Å²) in [6, 6.07) is 4.77. The fraction of sp³-hybridized carbons (Fsp3) is 0.533. The number of carbonyl (C=O) groups is 1. The van der Waals surface area contributed by atoms with Gasteiger partial charge in [-0.3, -0.25) is 4.79 Å². The van der Waals surface area contributed by atoms with E-state index in [0.717, 1.165) is 19.4 Å². The largest absolute Gasteiger partial charge is 0.506 e. The lowest BCUT2D eigenvalue weighted by atomic mass is 9.70. The number of phenolic OH excluding ortho intramolecular Hbond substituents is 1. The fourth-order valence-electron chi connectivity index (χ4n) is 3.18. The maximum atomic E-state index is 12.2. The van der Waals surface area contributed by atoms with E-state index in [0.29, 0.717) is 5.56 Å². The minimum absolute atomic E-state index is 0.00139. The Morgan fingerprint density at radius 3 is 2.90 bits per heavy atom. The van der Waals surface area contributed by atoms with E-state index in [1.54, 1.807) is 6.07 Å². The van der Waals surface area contributed by atoms with Crippen molar-refractivity contribution in [2.24, 2.45) is 0 Å². The summed E-state index contributed by atoms with van der Waals surface area (Å²) in [6.07, 6.45) is 5.67. The van der Waals surface area contributed by atoms with Crippen molar-refractivity contribution in [2.75, 3.05) is 6.54 Å². The van der Waals surface area contributed by atoms with Gasteiger partial charge in [0.1, 0.15) is 5.75 Å². The van der Waals surface area contributed by atoms with Crippen LogP contribution in [0.2, 0.25) is 5.02 Å². The molecular weight excluding hydrogens is 276 g/mol. The van der Waals surface area contributed by atoms with Gasteiger partial charge in [-0.2, -0.15) is 0 Å². The van der Waals surface area contributed by atoms with Crippen molar-refractivity contribution in [3.8, 4) is 5.75 Å². The first kappa shape index (κ1) is 13.7. The van der Waals surface area contributed by atoms with E-state index in [-0.39, 0.29) is 28.3 Å². The molecule has 4 nitrogen and oxygen atoms in total. The van der Waals surface area contributed by atoms with Gasteiger partial charge in [0.25, 0.3) is 5.91 Å². The molecule has 2 fully saturated rings. The Morgan fingerprint density at radius 2 is 2.25 bits per heavy atom. The third kappa shape index (κ3) is 2.63. The molecule has 0 bridgehead atoms. The highest BCUT2D eigenvalue weighted by molar-refractivity contribution is 6.32. The second-order valence-corrected chi connectivity index (χ2v) is 6.30. The van der Waals surface area contributed by atoms with Gasteiger partial charge in [-0.15, -0.1) is 0 Å². The average molecular weight is 295 g/mol. The molecule has 1 aliphatic heterocycles. The van der Waals surface area contributed by atoms with Crippen LogP contribution in [0.5, 0.6) is 5.75 Å². The number of benzene rings is 1.